The van der Waals surface area contributed by atoms with E-state index < -0.39 is 0 Å². The van der Waals surface area contributed by atoms with Crippen LogP contribution in [-0.2, 0) is 22.7 Å². The summed E-state index contributed by atoms with van der Waals surface area (Å²) in [5.74, 6) is -1.08. The zero-order valence-electron chi connectivity index (χ0n) is 11.5. The highest BCUT2D eigenvalue weighted by molar-refractivity contribution is 6.10. The minimum Gasteiger partial charge on any atom is -0.326 e. The van der Waals surface area contributed by atoms with Crippen molar-refractivity contribution in [2.45, 2.75) is 26.9 Å². The van der Waals surface area contributed by atoms with Crippen molar-refractivity contribution in [3.05, 3.63) is 35.1 Å². The predicted octanol–water partition coefficient (Wildman–Crippen LogP) is 1.43. The Morgan fingerprint density at radius 1 is 1.20 bits per heavy atom. The Bertz CT molecular complexity index is 588. The number of hydrogen-bond acceptors (Lipinski definition) is 3. The molecule has 1 aromatic carbocycles. The fourth-order valence-electron chi connectivity index (χ4n) is 3.27. The Morgan fingerprint density at radius 3 is 2.35 bits per heavy atom. The summed E-state index contributed by atoms with van der Waals surface area (Å²) < 4.78 is 13.3. The van der Waals surface area contributed by atoms with Crippen molar-refractivity contribution in [1.29, 1.82) is 0 Å². The Hall–Kier alpha value is -1.75. The van der Waals surface area contributed by atoms with E-state index in [0.717, 1.165) is 5.56 Å². The van der Waals surface area contributed by atoms with Gasteiger partial charge in [0, 0.05) is 6.54 Å². The molecule has 1 saturated heterocycles. The smallest absolute Gasteiger partial charge is 0.233 e. The fraction of sp³-hybridized carbons (Fsp3) is 0.467. The standard InChI is InChI=1S/C15H17FN2O2/c1-15(2)11-12(15)14(20)18(13(11)19)7-9-5-10(16)4-3-8(9)6-17/h3-5,11-12H,6-7,17H2,1-2H3. The van der Waals surface area contributed by atoms with Gasteiger partial charge in [0.2, 0.25) is 11.8 Å². The number of imide groups is 1. The van der Waals surface area contributed by atoms with Crippen LogP contribution in [0, 0.1) is 23.1 Å². The maximum atomic E-state index is 13.3. The number of rotatable bonds is 3. The molecule has 2 unspecified atom stereocenters. The number of amides is 2. The first-order valence-electron chi connectivity index (χ1n) is 6.70. The monoisotopic (exact) mass is 276 g/mol. The number of fused-ring (bicyclic) bond motifs is 1. The quantitative estimate of drug-likeness (QED) is 0.849. The first kappa shape index (κ1) is 13.2. The molecular weight excluding hydrogens is 259 g/mol. The molecule has 2 atom stereocenters. The van der Waals surface area contributed by atoms with Gasteiger partial charge in [-0.15, -0.1) is 0 Å². The first-order chi connectivity index (χ1) is 9.37. The largest absolute Gasteiger partial charge is 0.326 e. The first-order valence-corrected chi connectivity index (χ1v) is 6.70. The summed E-state index contributed by atoms with van der Waals surface area (Å²) in [6.45, 7) is 4.24. The molecule has 1 aromatic rings. The van der Waals surface area contributed by atoms with Gasteiger partial charge in [0.25, 0.3) is 0 Å². The molecule has 0 radical (unpaired) electrons. The Balaban J connectivity index is 1.85. The molecule has 2 fully saturated rings. The van der Waals surface area contributed by atoms with Crippen molar-refractivity contribution in [3.8, 4) is 0 Å². The molecule has 4 nitrogen and oxygen atoms in total. The second-order valence-corrected chi connectivity index (χ2v) is 6.16. The topological polar surface area (TPSA) is 63.4 Å². The van der Waals surface area contributed by atoms with Gasteiger partial charge in [-0.2, -0.15) is 0 Å². The fourth-order valence-corrected chi connectivity index (χ4v) is 3.27. The molecule has 2 aliphatic rings. The number of likely N-dealkylation sites (tertiary alicyclic amines) is 1. The summed E-state index contributed by atoms with van der Waals surface area (Å²) in [5, 5.41) is 0. The highest BCUT2D eigenvalue weighted by Crippen LogP contribution is 2.63. The SMILES string of the molecule is CC1(C)C2C(=O)N(Cc3cc(F)ccc3CN)C(=O)C21. The summed E-state index contributed by atoms with van der Waals surface area (Å²) in [6.07, 6.45) is 0. The van der Waals surface area contributed by atoms with E-state index in [0.29, 0.717) is 5.56 Å². The van der Waals surface area contributed by atoms with E-state index >= 15 is 0 Å². The molecule has 2 N–H and O–H groups in total. The number of halogens is 1. The lowest BCUT2D eigenvalue weighted by Gasteiger charge is -2.21. The summed E-state index contributed by atoms with van der Waals surface area (Å²) in [7, 11) is 0. The van der Waals surface area contributed by atoms with E-state index in [-0.39, 0.29) is 48.0 Å². The normalized spacial score (nSPS) is 26.9. The zero-order valence-corrected chi connectivity index (χ0v) is 11.5. The Labute approximate surface area is 116 Å². The Kier molecular flexibility index (Phi) is 2.73. The average Bonchev–Trinajstić information content (AvgIpc) is 2.86. The van der Waals surface area contributed by atoms with Crippen LogP contribution in [0.2, 0.25) is 0 Å². The molecule has 1 aliphatic carbocycles. The lowest BCUT2D eigenvalue weighted by Crippen LogP contribution is -2.36. The van der Waals surface area contributed by atoms with Gasteiger partial charge in [0.15, 0.2) is 0 Å². The van der Waals surface area contributed by atoms with E-state index in [2.05, 4.69) is 0 Å². The van der Waals surface area contributed by atoms with Gasteiger partial charge in [0.1, 0.15) is 5.82 Å². The minimum absolute atomic E-state index is 0.116. The Morgan fingerprint density at radius 2 is 1.80 bits per heavy atom. The summed E-state index contributed by atoms with van der Waals surface area (Å²) in [6, 6.07) is 4.28. The summed E-state index contributed by atoms with van der Waals surface area (Å²) >= 11 is 0. The summed E-state index contributed by atoms with van der Waals surface area (Å²) in [5.41, 5.74) is 6.75. The molecule has 3 rings (SSSR count). The van der Waals surface area contributed by atoms with Crippen molar-refractivity contribution in [1.82, 2.24) is 4.90 Å². The van der Waals surface area contributed by atoms with Crippen molar-refractivity contribution < 1.29 is 14.0 Å². The molecule has 5 heteroatoms. The van der Waals surface area contributed by atoms with Crippen molar-refractivity contribution in [2.24, 2.45) is 23.0 Å². The van der Waals surface area contributed by atoms with E-state index in [1.165, 1.54) is 17.0 Å². The van der Waals surface area contributed by atoms with Gasteiger partial charge >= 0.3 is 0 Å². The molecule has 0 bridgehead atoms. The third kappa shape index (κ3) is 1.69. The number of hydrogen-bond donors (Lipinski definition) is 1. The van der Waals surface area contributed by atoms with E-state index in [1.807, 2.05) is 13.8 Å². The number of nitrogens with two attached hydrogens (primary N) is 1. The lowest BCUT2D eigenvalue weighted by molar-refractivity contribution is -0.143. The molecule has 2 amide bonds. The van der Waals surface area contributed by atoms with Crippen LogP contribution in [0.5, 0.6) is 0 Å². The van der Waals surface area contributed by atoms with Crippen LogP contribution in [0.1, 0.15) is 25.0 Å². The van der Waals surface area contributed by atoms with Gasteiger partial charge in [-0.25, -0.2) is 4.39 Å². The maximum absolute atomic E-state index is 13.3. The predicted molar refractivity (Wildman–Crippen MR) is 70.6 cm³/mol. The van der Waals surface area contributed by atoms with Gasteiger partial charge in [0.05, 0.1) is 18.4 Å². The van der Waals surface area contributed by atoms with Crippen LogP contribution in [0.25, 0.3) is 0 Å². The number of carbonyl (C=O) groups excluding carboxylic acids is 2. The van der Waals surface area contributed by atoms with Crippen molar-refractivity contribution in [3.63, 3.8) is 0 Å². The highest BCUT2D eigenvalue weighted by Gasteiger charge is 2.72. The van der Waals surface area contributed by atoms with Crippen molar-refractivity contribution >= 4 is 11.8 Å². The van der Waals surface area contributed by atoms with Gasteiger partial charge in [-0.05, 0) is 28.7 Å². The number of benzene rings is 1. The molecular formula is C15H17FN2O2. The highest BCUT2D eigenvalue weighted by atomic mass is 19.1. The van der Waals surface area contributed by atoms with E-state index in [9.17, 15) is 14.0 Å². The van der Waals surface area contributed by atoms with Crippen LogP contribution in [0.4, 0.5) is 4.39 Å². The molecule has 1 aliphatic heterocycles. The van der Waals surface area contributed by atoms with Crippen LogP contribution < -0.4 is 5.73 Å². The summed E-state index contributed by atoms with van der Waals surface area (Å²) in [4.78, 5) is 25.7. The maximum Gasteiger partial charge on any atom is 0.233 e. The van der Waals surface area contributed by atoms with Gasteiger partial charge < -0.3 is 5.73 Å². The molecule has 20 heavy (non-hydrogen) atoms. The van der Waals surface area contributed by atoms with Gasteiger partial charge in [-0.1, -0.05) is 19.9 Å². The third-order valence-corrected chi connectivity index (χ3v) is 4.61. The molecule has 106 valence electrons. The van der Waals surface area contributed by atoms with Crippen LogP contribution in [-0.4, -0.2) is 16.7 Å². The third-order valence-electron chi connectivity index (χ3n) is 4.61. The number of carbonyl (C=O) groups is 2. The van der Waals surface area contributed by atoms with Crippen molar-refractivity contribution in [2.75, 3.05) is 0 Å². The second-order valence-electron chi connectivity index (χ2n) is 6.16. The lowest BCUT2D eigenvalue weighted by atomic mass is 10.0. The van der Waals surface area contributed by atoms with E-state index in [4.69, 9.17) is 5.73 Å². The van der Waals surface area contributed by atoms with Gasteiger partial charge in [-0.3, -0.25) is 14.5 Å². The zero-order chi connectivity index (χ0) is 14.7. The van der Waals surface area contributed by atoms with E-state index in [1.54, 1.807) is 6.07 Å². The number of piperidine rings is 1. The van der Waals surface area contributed by atoms with Crippen LogP contribution in [0.15, 0.2) is 18.2 Å². The molecule has 1 heterocycles. The second kappa shape index (κ2) is 4.12. The molecule has 0 aromatic heterocycles. The molecule has 1 saturated carbocycles. The minimum atomic E-state index is -0.387. The van der Waals surface area contributed by atoms with Crippen LogP contribution >= 0.6 is 0 Å². The van der Waals surface area contributed by atoms with Crippen LogP contribution in [0.3, 0.4) is 0 Å². The number of nitrogens with zero attached hydrogens (tertiary/aromatic N) is 1. The molecule has 0 spiro atoms. The average molecular weight is 276 g/mol.